The summed E-state index contributed by atoms with van der Waals surface area (Å²) in [7, 11) is 0. The number of benzene rings is 1. The van der Waals surface area contributed by atoms with Crippen molar-refractivity contribution in [1.82, 2.24) is 15.5 Å². The zero-order valence-corrected chi connectivity index (χ0v) is 10.3. The standard InChI is InChI=1S/C12H13FN4O2/c1-7-16-11(19-17-7)4-5-15-12(18)8-2-3-10(14)9(13)6-8/h2-3,6H,4-5,14H2,1H3,(H,15,18). The molecule has 0 saturated heterocycles. The molecule has 0 fully saturated rings. The molecule has 1 aromatic carbocycles. The number of amides is 1. The van der Waals surface area contributed by atoms with E-state index in [9.17, 15) is 9.18 Å². The number of aryl methyl sites for hydroxylation is 1. The Morgan fingerprint density at radius 3 is 2.95 bits per heavy atom. The molecule has 19 heavy (non-hydrogen) atoms. The van der Waals surface area contributed by atoms with Crippen LogP contribution in [0.1, 0.15) is 22.1 Å². The maximum atomic E-state index is 13.2. The Morgan fingerprint density at radius 1 is 1.53 bits per heavy atom. The predicted molar refractivity (Wildman–Crippen MR) is 65.9 cm³/mol. The summed E-state index contributed by atoms with van der Waals surface area (Å²) in [5.41, 5.74) is 5.56. The number of rotatable bonds is 4. The molecule has 6 nitrogen and oxygen atoms in total. The molecule has 0 spiro atoms. The predicted octanol–water partition coefficient (Wildman–Crippen LogP) is 1.07. The normalized spacial score (nSPS) is 10.4. The molecular formula is C12H13FN4O2. The van der Waals surface area contributed by atoms with Crippen molar-refractivity contribution in [3.05, 3.63) is 41.3 Å². The van der Waals surface area contributed by atoms with Crippen LogP contribution in [0.5, 0.6) is 0 Å². The highest BCUT2D eigenvalue weighted by molar-refractivity contribution is 5.94. The molecular weight excluding hydrogens is 251 g/mol. The number of nitrogens with one attached hydrogen (secondary N) is 1. The molecule has 0 bridgehead atoms. The van der Waals surface area contributed by atoms with Gasteiger partial charge in [0.25, 0.3) is 5.91 Å². The Bertz CT molecular complexity index is 597. The van der Waals surface area contributed by atoms with Crippen molar-refractivity contribution >= 4 is 11.6 Å². The highest BCUT2D eigenvalue weighted by Crippen LogP contribution is 2.11. The van der Waals surface area contributed by atoms with Gasteiger partial charge in [-0.2, -0.15) is 4.98 Å². The van der Waals surface area contributed by atoms with Crippen LogP contribution in [0, 0.1) is 12.7 Å². The molecule has 7 heteroatoms. The van der Waals surface area contributed by atoms with Crippen molar-refractivity contribution in [2.75, 3.05) is 12.3 Å². The lowest BCUT2D eigenvalue weighted by atomic mass is 10.2. The maximum Gasteiger partial charge on any atom is 0.251 e. The summed E-state index contributed by atoms with van der Waals surface area (Å²) in [6, 6.07) is 3.91. The average Bonchev–Trinajstić information content (AvgIpc) is 2.78. The Morgan fingerprint density at radius 2 is 2.32 bits per heavy atom. The third-order valence-electron chi connectivity index (χ3n) is 2.46. The summed E-state index contributed by atoms with van der Waals surface area (Å²) in [6.45, 7) is 2.04. The van der Waals surface area contributed by atoms with E-state index in [-0.39, 0.29) is 17.2 Å². The van der Waals surface area contributed by atoms with Gasteiger partial charge in [0.15, 0.2) is 5.82 Å². The highest BCUT2D eigenvalue weighted by Gasteiger charge is 2.09. The van der Waals surface area contributed by atoms with E-state index in [2.05, 4.69) is 15.5 Å². The summed E-state index contributed by atoms with van der Waals surface area (Å²) in [6.07, 6.45) is 0.421. The summed E-state index contributed by atoms with van der Waals surface area (Å²) in [5.74, 6) is -0.00136. The number of aromatic nitrogens is 2. The molecule has 2 aromatic rings. The number of hydrogen-bond donors (Lipinski definition) is 2. The SMILES string of the molecule is Cc1noc(CCNC(=O)c2ccc(N)c(F)c2)n1. The lowest BCUT2D eigenvalue weighted by Gasteiger charge is -2.04. The molecule has 0 unspecified atom stereocenters. The summed E-state index contributed by atoms with van der Waals surface area (Å²) < 4.78 is 18.1. The lowest BCUT2D eigenvalue weighted by molar-refractivity contribution is 0.0953. The molecule has 100 valence electrons. The van der Waals surface area contributed by atoms with Crippen molar-refractivity contribution in [3.63, 3.8) is 0 Å². The second-order valence-electron chi connectivity index (χ2n) is 3.98. The van der Waals surface area contributed by atoms with Gasteiger partial charge in [-0.1, -0.05) is 5.16 Å². The van der Waals surface area contributed by atoms with Crippen LogP contribution in [-0.4, -0.2) is 22.6 Å². The second-order valence-corrected chi connectivity index (χ2v) is 3.98. The smallest absolute Gasteiger partial charge is 0.251 e. The number of nitrogens with two attached hydrogens (primary N) is 1. The fourth-order valence-electron chi connectivity index (χ4n) is 1.49. The van der Waals surface area contributed by atoms with Crippen molar-refractivity contribution in [1.29, 1.82) is 0 Å². The molecule has 0 aliphatic rings. The van der Waals surface area contributed by atoms with Crippen LogP contribution in [-0.2, 0) is 6.42 Å². The van der Waals surface area contributed by atoms with E-state index in [1.54, 1.807) is 6.92 Å². The number of halogens is 1. The van der Waals surface area contributed by atoms with Gasteiger partial charge in [0.05, 0.1) is 5.69 Å². The monoisotopic (exact) mass is 264 g/mol. The summed E-state index contributed by atoms with van der Waals surface area (Å²) >= 11 is 0. The number of carbonyl (C=O) groups excluding carboxylic acids is 1. The number of anilines is 1. The highest BCUT2D eigenvalue weighted by atomic mass is 19.1. The van der Waals surface area contributed by atoms with Crippen LogP contribution in [0.3, 0.4) is 0 Å². The van der Waals surface area contributed by atoms with Crippen LogP contribution >= 0.6 is 0 Å². The van der Waals surface area contributed by atoms with Crippen LogP contribution < -0.4 is 11.1 Å². The van der Waals surface area contributed by atoms with Gasteiger partial charge < -0.3 is 15.6 Å². The Kier molecular flexibility index (Phi) is 3.74. The molecule has 1 amide bonds. The molecule has 1 aromatic heterocycles. The Balaban J connectivity index is 1.89. The molecule has 1 heterocycles. The van der Waals surface area contributed by atoms with Crippen LogP contribution in [0.4, 0.5) is 10.1 Å². The quantitative estimate of drug-likeness (QED) is 0.805. The van der Waals surface area contributed by atoms with Crippen LogP contribution in [0.25, 0.3) is 0 Å². The Hall–Kier alpha value is -2.44. The van der Waals surface area contributed by atoms with Crippen molar-refractivity contribution in [2.24, 2.45) is 0 Å². The first-order chi connectivity index (χ1) is 9.06. The molecule has 2 rings (SSSR count). The van der Waals surface area contributed by atoms with Crippen molar-refractivity contribution < 1.29 is 13.7 Å². The van der Waals surface area contributed by atoms with Gasteiger partial charge in [-0.05, 0) is 25.1 Å². The summed E-state index contributed by atoms with van der Waals surface area (Å²) in [4.78, 5) is 15.7. The number of carbonyl (C=O) groups is 1. The van der Waals surface area contributed by atoms with Gasteiger partial charge in [-0.15, -0.1) is 0 Å². The first-order valence-electron chi connectivity index (χ1n) is 5.68. The van der Waals surface area contributed by atoms with Crippen LogP contribution in [0.15, 0.2) is 22.7 Å². The molecule has 0 aliphatic heterocycles. The molecule has 0 saturated carbocycles. The van der Waals surface area contributed by atoms with E-state index in [4.69, 9.17) is 10.3 Å². The third kappa shape index (κ3) is 3.27. The molecule has 3 N–H and O–H groups in total. The van der Waals surface area contributed by atoms with Gasteiger partial charge in [0.2, 0.25) is 5.89 Å². The largest absolute Gasteiger partial charge is 0.396 e. The number of nitrogens with zero attached hydrogens (tertiary/aromatic N) is 2. The molecule has 0 aliphatic carbocycles. The maximum absolute atomic E-state index is 13.2. The fraction of sp³-hybridized carbons (Fsp3) is 0.250. The van der Waals surface area contributed by atoms with Gasteiger partial charge in [-0.25, -0.2) is 4.39 Å². The van der Waals surface area contributed by atoms with Crippen molar-refractivity contribution in [3.8, 4) is 0 Å². The zero-order chi connectivity index (χ0) is 13.8. The minimum Gasteiger partial charge on any atom is -0.396 e. The van der Waals surface area contributed by atoms with E-state index in [1.807, 2.05) is 0 Å². The summed E-state index contributed by atoms with van der Waals surface area (Å²) in [5, 5.41) is 6.26. The van der Waals surface area contributed by atoms with E-state index in [1.165, 1.54) is 12.1 Å². The van der Waals surface area contributed by atoms with E-state index in [0.29, 0.717) is 24.7 Å². The fourth-order valence-corrected chi connectivity index (χ4v) is 1.49. The van der Waals surface area contributed by atoms with Gasteiger partial charge >= 0.3 is 0 Å². The second kappa shape index (κ2) is 5.47. The van der Waals surface area contributed by atoms with E-state index in [0.717, 1.165) is 6.07 Å². The molecule has 0 radical (unpaired) electrons. The van der Waals surface area contributed by atoms with Gasteiger partial charge in [-0.3, -0.25) is 4.79 Å². The third-order valence-corrected chi connectivity index (χ3v) is 2.46. The average molecular weight is 264 g/mol. The van der Waals surface area contributed by atoms with Crippen molar-refractivity contribution in [2.45, 2.75) is 13.3 Å². The lowest BCUT2D eigenvalue weighted by Crippen LogP contribution is -2.25. The van der Waals surface area contributed by atoms with E-state index < -0.39 is 5.82 Å². The first kappa shape index (κ1) is 13.0. The zero-order valence-electron chi connectivity index (χ0n) is 10.3. The minimum atomic E-state index is -0.611. The first-order valence-corrected chi connectivity index (χ1v) is 5.68. The minimum absolute atomic E-state index is 0.0119. The van der Waals surface area contributed by atoms with Gasteiger partial charge in [0, 0.05) is 18.5 Å². The molecule has 0 atom stereocenters. The topological polar surface area (TPSA) is 94.0 Å². The number of hydrogen-bond acceptors (Lipinski definition) is 5. The van der Waals surface area contributed by atoms with Crippen LogP contribution in [0.2, 0.25) is 0 Å². The number of nitrogen functional groups attached to an aromatic ring is 1. The van der Waals surface area contributed by atoms with E-state index >= 15 is 0 Å². The van der Waals surface area contributed by atoms with Gasteiger partial charge in [0.1, 0.15) is 5.82 Å². The Labute approximate surface area is 108 Å².